The molecule has 0 aliphatic heterocycles. The van der Waals surface area contributed by atoms with E-state index in [1.807, 2.05) is 32.9 Å². The van der Waals surface area contributed by atoms with Gasteiger partial charge in [0.15, 0.2) is 0 Å². The second-order valence-corrected chi connectivity index (χ2v) is 2.71. The molecule has 0 aromatic carbocycles. The fourth-order valence-electron chi connectivity index (χ4n) is 0.974. The molecule has 1 amide bonds. The lowest BCUT2D eigenvalue weighted by Crippen LogP contribution is -2.32. The standard InChI is InChI=1S/C10H19NO2/c1-4-7-9-11(8-5-2)10(12)13-6-3/h4,7H,5-6,8-9H2,1-3H3/b7-4-. The lowest BCUT2D eigenvalue weighted by Gasteiger charge is -2.19. The zero-order valence-corrected chi connectivity index (χ0v) is 8.75. The molecule has 0 atom stereocenters. The molecule has 0 N–H and O–H groups in total. The first-order valence-electron chi connectivity index (χ1n) is 4.79. The summed E-state index contributed by atoms with van der Waals surface area (Å²) < 4.78 is 4.91. The maximum absolute atomic E-state index is 11.3. The number of nitrogens with zero attached hydrogens (tertiary/aromatic N) is 1. The van der Waals surface area contributed by atoms with E-state index in [0.717, 1.165) is 13.0 Å². The molecule has 0 fully saturated rings. The van der Waals surface area contributed by atoms with Crippen LogP contribution in [0.25, 0.3) is 0 Å². The van der Waals surface area contributed by atoms with Gasteiger partial charge in [-0.1, -0.05) is 19.1 Å². The highest BCUT2D eigenvalue weighted by Gasteiger charge is 2.10. The zero-order valence-electron chi connectivity index (χ0n) is 8.75. The number of hydrogen-bond acceptors (Lipinski definition) is 2. The van der Waals surface area contributed by atoms with Crippen LogP contribution in [0.4, 0.5) is 4.79 Å². The van der Waals surface area contributed by atoms with E-state index in [-0.39, 0.29) is 6.09 Å². The highest BCUT2D eigenvalue weighted by Crippen LogP contribution is 1.96. The molecule has 0 rings (SSSR count). The van der Waals surface area contributed by atoms with Gasteiger partial charge >= 0.3 is 6.09 Å². The van der Waals surface area contributed by atoms with Crippen molar-refractivity contribution < 1.29 is 9.53 Å². The second-order valence-electron chi connectivity index (χ2n) is 2.71. The molecule has 0 radical (unpaired) electrons. The number of rotatable bonds is 5. The number of hydrogen-bond donors (Lipinski definition) is 0. The van der Waals surface area contributed by atoms with E-state index in [1.54, 1.807) is 4.90 Å². The van der Waals surface area contributed by atoms with Crippen molar-refractivity contribution in [1.82, 2.24) is 4.90 Å². The summed E-state index contributed by atoms with van der Waals surface area (Å²) in [5.41, 5.74) is 0. The Bertz CT molecular complexity index is 166. The van der Waals surface area contributed by atoms with Gasteiger partial charge in [0.25, 0.3) is 0 Å². The molecular weight excluding hydrogens is 166 g/mol. The topological polar surface area (TPSA) is 29.5 Å². The maximum Gasteiger partial charge on any atom is 0.410 e. The van der Waals surface area contributed by atoms with E-state index in [0.29, 0.717) is 13.2 Å². The molecule has 13 heavy (non-hydrogen) atoms. The Morgan fingerprint density at radius 2 is 2.15 bits per heavy atom. The lowest BCUT2D eigenvalue weighted by atomic mass is 10.4. The summed E-state index contributed by atoms with van der Waals surface area (Å²) in [5, 5.41) is 0. The van der Waals surface area contributed by atoms with Gasteiger partial charge in [-0.25, -0.2) is 4.79 Å². The summed E-state index contributed by atoms with van der Waals surface area (Å²) in [6.45, 7) is 7.64. The molecule has 0 saturated carbocycles. The molecule has 0 unspecified atom stereocenters. The summed E-state index contributed by atoms with van der Waals surface area (Å²) in [7, 11) is 0. The molecule has 0 aromatic rings. The van der Waals surface area contributed by atoms with Gasteiger partial charge in [-0.15, -0.1) is 0 Å². The van der Waals surface area contributed by atoms with Gasteiger partial charge in [-0.2, -0.15) is 0 Å². The van der Waals surface area contributed by atoms with Gasteiger partial charge in [-0.3, -0.25) is 0 Å². The molecule has 0 aliphatic rings. The lowest BCUT2D eigenvalue weighted by molar-refractivity contribution is 0.111. The van der Waals surface area contributed by atoms with Crippen molar-refractivity contribution in [2.45, 2.75) is 27.2 Å². The van der Waals surface area contributed by atoms with Crippen molar-refractivity contribution in [3.05, 3.63) is 12.2 Å². The average Bonchev–Trinajstić information content (AvgIpc) is 2.12. The molecule has 0 aliphatic carbocycles. The number of allylic oxidation sites excluding steroid dienone is 1. The Hall–Kier alpha value is -0.990. The van der Waals surface area contributed by atoms with Crippen molar-refractivity contribution in [1.29, 1.82) is 0 Å². The highest BCUT2D eigenvalue weighted by atomic mass is 16.6. The van der Waals surface area contributed by atoms with E-state index in [2.05, 4.69) is 0 Å². The van der Waals surface area contributed by atoms with E-state index >= 15 is 0 Å². The molecule has 0 saturated heterocycles. The van der Waals surface area contributed by atoms with Crippen LogP contribution in [-0.4, -0.2) is 30.7 Å². The summed E-state index contributed by atoms with van der Waals surface area (Å²) in [5.74, 6) is 0. The summed E-state index contributed by atoms with van der Waals surface area (Å²) in [6, 6.07) is 0. The number of carbonyl (C=O) groups excluding carboxylic acids is 1. The Morgan fingerprint density at radius 3 is 2.62 bits per heavy atom. The molecular formula is C10H19NO2. The van der Waals surface area contributed by atoms with Crippen molar-refractivity contribution in [2.24, 2.45) is 0 Å². The highest BCUT2D eigenvalue weighted by molar-refractivity contribution is 5.67. The summed E-state index contributed by atoms with van der Waals surface area (Å²) in [6.07, 6.45) is 4.62. The normalized spacial score (nSPS) is 10.4. The number of amides is 1. The summed E-state index contributed by atoms with van der Waals surface area (Å²) in [4.78, 5) is 13.0. The Labute approximate surface area is 80.4 Å². The van der Waals surface area contributed by atoms with E-state index in [1.165, 1.54) is 0 Å². The average molecular weight is 185 g/mol. The van der Waals surface area contributed by atoms with Crippen LogP contribution in [0.15, 0.2) is 12.2 Å². The van der Waals surface area contributed by atoms with Gasteiger partial charge in [0.1, 0.15) is 0 Å². The Balaban J connectivity index is 3.98. The van der Waals surface area contributed by atoms with Crippen molar-refractivity contribution in [3.63, 3.8) is 0 Å². The molecule has 0 spiro atoms. The molecule has 76 valence electrons. The van der Waals surface area contributed by atoms with Crippen LogP contribution >= 0.6 is 0 Å². The van der Waals surface area contributed by atoms with E-state index < -0.39 is 0 Å². The fraction of sp³-hybridized carbons (Fsp3) is 0.700. The number of carbonyl (C=O) groups is 1. The van der Waals surface area contributed by atoms with Crippen LogP contribution in [0.5, 0.6) is 0 Å². The minimum atomic E-state index is -0.220. The fourth-order valence-corrected chi connectivity index (χ4v) is 0.974. The molecule has 3 heteroatoms. The first-order valence-corrected chi connectivity index (χ1v) is 4.79. The van der Waals surface area contributed by atoms with Gasteiger partial charge in [0.05, 0.1) is 6.61 Å². The van der Waals surface area contributed by atoms with Crippen LogP contribution in [0.1, 0.15) is 27.2 Å². The van der Waals surface area contributed by atoms with Crippen molar-refractivity contribution in [2.75, 3.05) is 19.7 Å². The van der Waals surface area contributed by atoms with Crippen LogP contribution < -0.4 is 0 Å². The van der Waals surface area contributed by atoms with Crippen LogP contribution in [-0.2, 0) is 4.74 Å². The van der Waals surface area contributed by atoms with Gasteiger partial charge < -0.3 is 9.64 Å². The molecule has 0 heterocycles. The van der Waals surface area contributed by atoms with E-state index in [4.69, 9.17) is 4.74 Å². The predicted octanol–water partition coefficient (Wildman–Crippen LogP) is 2.43. The Morgan fingerprint density at radius 1 is 1.46 bits per heavy atom. The maximum atomic E-state index is 11.3. The third kappa shape index (κ3) is 5.28. The quantitative estimate of drug-likeness (QED) is 0.616. The third-order valence-corrected chi connectivity index (χ3v) is 1.58. The first kappa shape index (κ1) is 12.0. The monoisotopic (exact) mass is 185 g/mol. The van der Waals surface area contributed by atoms with Gasteiger partial charge in [-0.05, 0) is 20.3 Å². The largest absolute Gasteiger partial charge is 0.450 e. The second kappa shape index (κ2) is 7.65. The smallest absolute Gasteiger partial charge is 0.410 e. The Kier molecular flexibility index (Phi) is 7.07. The minimum Gasteiger partial charge on any atom is -0.450 e. The van der Waals surface area contributed by atoms with Crippen molar-refractivity contribution >= 4 is 6.09 Å². The number of ether oxygens (including phenoxy) is 1. The molecule has 0 aromatic heterocycles. The predicted molar refractivity (Wildman–Crippen MR) is 53.7 cm³/mol. The van der Waals surface area contributed by atoms with E-state index in [9.17, 15) is 4.79 Å². The van der Waals surface area contributed by atoms with Crippen molar-refractivity contribution in [3.8, 4) is 0 Å². The van der Waals surface area contributed by atoms with Gasteiger partial charge in [0, 0.05) is 13.1 Å². The van der Waals surface area contributed by atoms with Crippen LogP contribution in [0.2, 0.25) is 0 Å². The van der Waals surface area contributed by atoms with Gasteiger partial charge in [0.2, 0.25) is 0 Å². The molecule has 3 nitrogen and oxygen atoms in total. The van der Waals surface area contributed by atoms with Crippen LogP contribution in [0, 0.1) is 0 Å². The summed E-state index contributed by atoms with van der Waals surface area (Å²) >= 11 is 0. The molecule has 0 bridgehead atoms. The minimum absolute atomic E-state index is 0.220. The SMILES string of the molecule is C/C=C\CN(CCC)C(=O)OCC. The first-order chi connectivity index (χ1) is 6.26. The van der Waals surface area contributed by atoms with Crippen LogP contribution in [0.3, 0.4) is 0 Å². The third-order valence-electron chi connectivity index (χ3n) is 1.58. The zero-order chi connectivity index (χ0) is 10.1.